The van der Waals surface area contributed by atoms with Crippen LogP contribution >= 0.6 is 19.4 Å². The van der Waals surface area contributed by atoms with Gasteiger partial charge in [0.15, 0.2) is 0 Å². The average molecular weight is 507 g/mol. The molecule has 8 heteroatoms. The molecule has 21 heavy (non-hydrogen) atoms. The topological polar surface area (TPSA) is 52.6 Å². The summed E-state index contributed by atoms with van der Waals surface area (Å²) in [7, 11) is 0. The SMILES string of the molecule is C[I-]C(C)(C(=O)Oc1ccc2c(c1)OC(=O)C2)C12[B]I1[B]2. The van der Waals surface area contributed by atoms with Crippen molar-refractivity contribution in [3.8, 4) is 11.5 Å². The molecule has 3 heterocycles. The fourth-order valence-corrected chi connectivity index (χ4v) is 14.4. The quantitative estimate of drug-likeness (QED) is 0.155. The monoisotopic (exact) mass is 507 g/mol. The molecule has 2 fully saturated rings. The van der Waals surface area contributed by atoms with Gasteiger partial charge in [0.2, 0.25) is 0 Å². The molecule has 1 aromatic rings. The van der Waals surface area contributed by atoms with Gasteiger partial charge in [-0.15, -0.1) is 0 Å². The van der Waals surface area contributed by atoms with Crippen LogP contribution in [0.1, 0.15) is 12.5 Å². The first kappa shape index (κ1) is 14.3. The molecule has 0 N–H and O–H groups in total. The number of benzene rings is 1. The van der Waals surface area contributed by atoms with E-state index in [1.54, 1.807) is 18.2 Å². The second kappa shape index (κ2) is 4.62. The van der Waals surface area contributed by atoms with Gasteiger partial charge in [-0.1, -0.05) is 0 Å². The standard InChI is InChI=1S/C13H11B2I2O4/c1-12(16-2,13-14-17(13)15-13)11(19)20-8-4-3-7-5-10(18)21-9(7)6-8/h3-4,6H,5H2,1-2H3/q-1. The number of halogens is 2. The zero-order valence-electron chi connectivity index (χ0n) is 11.5. The van der Waals surface area contributed by atoms with E-state index >= 15 is 0 Å². The van der Waals surface area contributed by atoms with Crippen molar-refractivity contribution in [3.05, 3.63) is 23.8 Å². The van der Waals surface area contributed by atoms with E-state index in [2.05, 4.69) is 15.2 Å². The number of hydrogen-bond acceptors (Lipinski definition) is 4. The molecule has 2 saturated heterocycles. The average Bonchev–Trinajstić information content (AvgIpc) is 3.27. The van der Waals surface area contributed by atoms with Crippen molar-refractivity contribution in [2.45, 2.75) is 20.0 Å². The minimum atomic E-state index is -0.945. The zero-order valence-corrected chi connectivity index (χ0v) is 15.8. The number of hydrogen-bond donors (Lipinski definition) is 0. The Morgan fingerprint density at radius 1 is 1.52 bits per heavy atom. The van der Waals surface area contributed by atoms with Gasteiger partial charge in [0, 0.05) is 0 Å². The third-order valence-corrected chi connectivity index (χ3v) is 14.4. The fourth-order valence-electron chi connectivity index (χ4n) is 2.44. The van der Waals surface area contributed by atoms with Crippen LogP contribution in [0.3, 0.4) is 0 Å². The van der Waals surface area contributed by atoms with Crippen molar-refractivity contribution in [1.29, 1.82) is 0 Å². The summed E-state index contributed by atoms with van der Waals surface area (Å²) < 4.78 is 10.5. The molecule has 3 aliphatic heterocycles. The Hall–Kier alpha value is -0.250. The third kappa shape index (κ3) is 2.08. The molecule has 0 bridgehead atoms. The van der Waals surface area contributed by atoms with Gasteiger partial charge < -0.3 is 0 Å². The third-order valence-electron chi connectivity index (χ3n) is 4.10. The summed E-state index contributed by atoms with van der Waals surface area (Å²) in [4.78, 5) is 26.0. The number of ether oxygens (including phenoxy) is 2. The zero-order chi connectivity index (χ0) is 14.8. The van der Waals surface area contributed by atoms with Crippen LogP contribution in [-0.2, 0) is 16.0 Å². The second-order valence-corrected chi connectivity index (χ2v) is 13.6. The molecule has 1 atom stereocenters. The summed E-state index contributed by atoms with van der Waals surface area (Å²) in [5.41, 5.74) is 0.851. The first-order chi connectivity index (χ1) is 9.98. The maximum absolute atomic E-state index is 12.6. The van der Waals surface area contributed by atoms with E-state index in [1.807, 2.05) is 6.92 Å². The van der Waals surface area contributed by atoms with Crippen LogP contribution < -0.4 is 30.7 Å². The molecule has 1 aromatic carbocycles. The van der Waals surface area contributed by atoms with Crippen molar-refractivity contribution in [2.24, 2.45) is 0 Å². The summed E-state index contributed by atoms with van der Waals surface area (Å²) in [5.74, 6) is 0.592. The number of rotatable bonds is 4. The van der Waals surface area contributed by atoms with Gasteiger partial charge in [0.05, 0.1) is 0 Å². The van der Waals surface area contributed by atoms with E-state index in [9.17, 15) is 9.59 Å². The Morgan fingerprint density at radius 2 is 2.24 bits per heavy atom. The van der Waals surface area contributed by atoms with Crippen molar-refractivity contribution in [2.75, 3.05) is 4.93 Å². The molecule has 2 radical (unpaired) electrons. The Balaban J connectivity index is 1.55. The molecule has 108 valence electrons. The summed E-state index contributed by atoms with van der Waals surface area (Å²) in [6.45, 7) is 2.05. The Bertz CT molecular complexity index is 674. The van der Waals surface area contributed by atoms with E-state index in [4.69, 9.17) is 9.47 Å². The van der Waals surface area contributed by atoms with E-state index in [1.165, 1.54) is 0 Å². The number of carbonyl (C=O) groups excluding carboxylic acids is 2. The van der Waals surface area contributed by atoms with E-state index in [0.29, 0.717) is 17.9 Å². The molecular formula is C13H11B2I2O4-. The van der Waals surface area contributed by atoms with Gasteiger partial charge >= 0.3 is 142 Å². The van der Waals surface area contributed by atoms with Crippen LogP contribution in [0.5, 0.6) is 11.5 Å². The molecular weight excluding hydrogens is 496 g/mol. The van der Waals surface area contributed by atoms with Crippen molar-refractivity contribution in [1.82, 2.24) is 0 Å². The molecule has 0 spiro atoms. The van der Waals surface area contributed by atoms with Crippen LogP contribution in [0.25, 0.3) is 0 Å². The summed E-state index contributed by atoms with van der Waals surface area (Å²) in [6.07, 6.45) is 0.294. The van der Waals surface area contributed by atoms with E-state index in [0.717, 1.165) is 5.56 Å². The first-order valence-electron chi connectivity index (χ1n) is 6.44. The number of esters is 2. The molecule has 0 saturated carbocycles. The van der Waals surface area contributed by atoms with Crippen LogP contribution in [0, 0.1) is 0 Å². The maximum atomic E-state index is 12.6. The summed E-state index contributed by atoms with van der Waals surface area (Å²) >= 11 is -1.21. The van der Waals surface area contributed by atoms with Gasteiger partial charge in [-0.2, -0.15) is 0 Å². The van der Waals surface area contributed by atoms with Gasteiger partial charge in [-0.3, -0.25) is 0 Å². The number of fused-ring (bicyclic) bond motifs is 2. The summed E-state index contributed by atoms with van der Waals surface area (Å²) in [6, 6.07) is 5.19. The van der Waals surface area contributed by atoms with Crippen LogP contribution in [0.2, 0.25) is 0 Å². The second-order valence-electron chi connectivity index (χ2n) is 5.33. The number of carbonyl (C=O) groups is 2. The van der Waals surface area contributed by atoms with Gasteiger partial charge in [-0.05, 0) is 0 Å². The molecule has 4 rings (SSSR count). The molecule has 0 aromatic heterocycles. The van der Waals surface area contributed by atoms with Gasteiger partial charge in [0.1, 0.15) is 0 Å². The van der Waals surface area contributed by atoms with Gasteiger partial charge in [-0.25, -0.2) is 0 Å². The Kier molecular flexibility index (Phi) is 3.16. The predicted molar refractivity (Wildman–Crippen MR) is 84.0 cm³/mol. The van der Waals surface area contributed by atoms with E-state index in [-0.39, 0.29) is 39.8 Å². The molecule has 0 amide bonds. The van der Waals surface area contributed by atoms with Crippen molar-refractivity contribution < 1.29 is 40.3 Å². The molecule has 1 unspecified atom stereocenters. The molecule has 0 aliphatic carbocycles. The van der Waals surface area contributed by atoms with Crippen molar-refractivity contribution >= 4 is 41.6 Å². The minimum absolute atomic E-state index is 0.133. The van der Waals surface area contributed by atoms with E-state index < -0.39 is 19.4 Å². The van der Waals surface area contributed by atoms with Crippen LogP contribution in [0.4, 0.5) is 0 Å². The molecule has 3 aliphatic rings. The van der Waals surface area contributed by atoms with Crippen molar-refractivity contribution in [3.63, 3.8) is 0 Å². The predicted octanol–water partition coefficient (Wildman–Crippen LogP) is -2.04. The first-order valence-corrected chi connectivity index (χ1v) is 13.2. The summed E-state index contributed by atoms with van der Waals surface area (Å²) in [5, 5.41) is 4.76. The normalized spacial score (nSPS) is 23.9. The molecule has 4 nitrogen and oxygen atoms in total. The van der Waals surface area contributed by atoms with Crippen LogP contribution in [0.15, 0.2) is 18.2 Å². The Morgan fingerprint density at radius 3 is 2.86 bits per heavy atom. The van der Waals surface area contributed by atoms with Crippen LogP contribution in [-0.4, -0.2) is 33.8 Å². The Labute approximate surface area is 141 Å². The number of alkyl halides is 3. The fraction of sp³-hybridized carbons (Fsp3) is 0.385. The van der Waals surface area contributed by atoms with Gasteiger partial charge in [0.25, 0.3) is 0 Å².